The predicted octanol–water partition coefficient (Wildman–Crippen LogP) is 2.45. The second kappa shape index (κ2) is 5.83. The van der Waals surface area contributed by atoms with Gasteiger partial charge < -0.3 is 15.4 Å². The molecular weight excluding hydrogens is 252 g/mol. The van der Waals surface area contributed by atoms with Crippen LogP contribution < -0.4 is 15.4 Å². The van der Waals surface area contributed by atoms with Crippen molar-refractivity contribution in [2.45, 2.75) is 38.6 Å². The summed E-state index contributed by atoms with van der Waals surface area (Å²) in [5, 5.41) is 0. The summed E-state index contributed by atoms with van der Waals surface area (Å²) in [6.45, 7) is 1.72. The third kappa shape index (κ3) is 2.52. The molecule has 1 aromatic rings. The van der Waals surface area contributed by atoms with Gasteiger partial charge in [-0.05, 0) is 30.5 Å². The Hall–Kier alpha value is -1.55. The molecule has 0 atom stereocenters. The Morgan fingerprint density at radius 2 is 2.10 bits per heavy atom. The summed E-state index contributed by atoms with van der Waals surface area (Å²) in [5.41, 5.74) is 7.60. The number of benzene rings is 1. The fraction of sp³-hybridized carbons (Fsp3) is 0.562. The van der Waals surface area contributed by atoms with Crippen LogP contribution in [0.3, 0.4) is 0 Å². The number of amides is 1. The molecule has 1 aliphatic carbocycles. The van der Waals surface area contributed by atoms with Gasteiger partial charge in [0.15, 0.2) is 0 Å². The van der Waals surface area contributed by atoms with Crippen molar-refractivity contribution in [2.24, 2.45) is 11.7 Å². The Balaban J connectivity index is 1.83. The Labute approximate surface area is 119 Å². The third-order valence-electron chi connectivity index (χ3n) is 4.34. The number of hydrogen-bond acceptors (Lipinski definition) is 3. The zero-order chi connectivity index (χ0) is 13.9. The third-order valence-corrected chi connectivity index (χ3v) is 4.34. The van der Waals surface area contributed by atoms with Gasteiger partial charge in [0.2, 0.25) is 5.91 Å². The fourth-order valence-electron chi connectivity index (χ4n) is 3.19. The normalized spacial score (nSPS) is 19.4. The highest BCUT2D eigenvalue weighted by molar-refractivity contribution is 5.96. The van der Waals surface area contributed by atoms with Crippen LogP contribution in [0.5, 0.6) is 5.75 Å². The van der Waals surface area contributed by atoms with Crippen molar-refractivity contribution in [3.05, 3.63) is 23.8 Å². The minimum absolute atomic E-state index is 0.198. The molecule has 2 aliphatic rings. The first-order chi connectivity index (χ1) is 9.79. The molecular formula is C16H22N2O2. The summed E-state index contributed by atoms with van der Waals surface area (Å²) < 4.78 is 5.68. The van der Waals surface area contributed by atoms with E-state index >= 15 is 0 Å². The molecule has 0 bridgehead atoms. The van der Waals surface area contributed by atoms with E-state index in [0.717, 1.165) is 29.8 Å². The highest BCUT2D eigenvalue weighted by atomic mass is 16.5. The summed E-state index contributed by atoms with van der Waals surface area (Å²) >= 11 is 0. The van der Waals surface area contributed by atoms with Crippen molar-refractivity contribution in [3.8, 4) is 5.75 Å². The lowest BCUT2D eigenvalue weighted by atomic mass is 9.88. The van der Waals surface area contributed by atoms with Crippen molar-refractivity contribution in [1.82, 2.24) is 0 Å². The topological polar surface area (TPSA) is 55.6 Å². The second-order valence-corrected chi connectivity index (χ2v) is 5.68. The van der Waals surface area contributed by atoms with Gasteiger partial charge in [-0.3, -0.25) is 4.79 Å². The van der Waals surface area contributed by atoms with Gasteiger partial charge in [0.05, 0.1) is 12.2 Å². The quantitative estimate of drug-likeness (QED) is 0.901. The van der Waals surface area contributed by atoms with Crippen LogP contribution in [-0.4, -0.2) is 19.1 Å². The zero-order valence-corrected chi connectivity index (χ0v) is 11.8. The van der Waals surface area contributed by atoms with Crippen LogP contribution in [0.2, 0.25) is 0 Å². The van der Waals surface area contributed by atoms with E-state index in [0.29, 0.717) is 19.7 Å². The maximum Gasteiger partial charge on any atom is 0.230 e. The van der Waals surface area contributed by atoms with Crippen LogP contribution >= 0.6 is 0 Å². The molecule has 0 radical (unpaired) electrons. The van der Waals surface area contributed by atoms with Gasteiger partial charge in [-0.25, -0.2) is 0 Å². The molecule has 2 N–H and O–H groups in total. The number of nitrogens with zero attached hydrogens (tertiary/aromatic N) is 1. The lowest BCUT2D eigenvalue weighted by molar-refractivity contribution is -0.123. The Morgan fingerprint density at radius 1 is 1.30 bits per heavy atom. The first-order valence-corrected chi connectivity index (χ1v) is 7.57. The number of nitrogens with two attached hydrogens (primary N) is 1. The van der Waals surface area contributed by atoms with E-state index in [4.69, 9.17) is 10.5 Å². The highest BCUT2D eigenvalue weighted by Crippen LogP contribution is 2.35. The molecule has 1 amide bonds. The Morgan fingerprint density at radius 3 is 2.85 bits per heavy atom. The summed E-state index contributed by atoms with van der Waals surface area (Å²) in [7, 11) is 0. The SMILES string of the molecule is NCc1ccc2c(c1)OCCN2C(=O)C1CCCCC1. The summed E-state index contributed by atoms with van der Waals surface area (Å²) in [6, 6.07) is 5.90. The molecule has 20 heavy (non-hydrogen) atoms. The lowest BCUT2D eigenvalue weighted by Gasteiger charge is -2.33. The number of fused-ring (bicyclic) bond motifs is 1. The molecule has 4 heteroatoms. The number of rotatable bonds is 2. The van der Waals surface area contributed by atoms with Crippen LogP contribution in [0.4, 0.5) is 5.69 Å². The summed E-state index contributed by atoms with van der Waals surface area (Å²) in [4.78, 5) is 14.6. The average Bonchev–Trinajstić information content (AvgIpc) is 2.54. The number of carbonyl (C=O) groups is 1. The van der Waals surface area contributed by atoms with E-state index < -0.39 is 0 Å². The number of carbonyl (C=O) groups excluding carboxylic acids is 1. The first-order valence-electron chi connectivity index (χ1n) is 7.57. The first kappa shape index (κ1) is 13.4. The average molecular weight is 274 g/mol. The largest absolute Gasteiger partial charge is 0.490 e. The van der Waals surface area contributed by atoms with Crippen molar-refractivity contribution in [3.63, 3.8) is 0 Å². The van der Waals surface area contributed by atoms with Crippen LogP contribution in [-0.2, 0) is 11.3 Å². The molecule has 1 fully saturated rings. The minimum Gasteiger partial charge on any atom is -0.490 e. The van der Waals surface area contributed by atoms with Gasteiger partial charge in [-0.2, -0.15) is 0 Å². The lowest BCUT2D eigenvalue weighted by Crippen LogP contribution is -2.42. The van der Waals surface area contributed by atoms with Gasteiger partial charge >= 0.3 is 0 Å². The molecule has 1 saturated carbocycles. The predicted molar refractivity (Wildman–Crippen MR) is 78.8 cm³/mol. The van der Waals surface area contributed by atoms with E-state index in [1.54, 1.807) is 0 Å². The van der Waals surface area contributed by atoms with Crippen molar-refractivity contribution in [1.29, 1.82) is 0 Å². The molecule has 1 aromatic carbocycles. The van der Waals surface area contributed by atoms with Gasteiger partial charge in [0.1, 0.15) is 12.4 Å². The second-order valence-electron chi connectivity index (χ2n) is 5.68. The van der Waals surface area contributed by atoms with E-state index in [2.05, 4.69) is 0 Å². The van der Waals surface area contributed by atoms with Crippen LogP contribution in [0.15, 0.2) is 18.2 Å². The Bertz CT molecular complexity index is 495. The molecule has 3 rings (SSSR count). The molecule has 0 spiro atoms. The smallest absolute Gasteiger partial charge is 0.230 e. The zero-order valence-electron chi connectivity index (χ0n) is 11.8. The van der Waals surface area contributed by atoms with E-state index in [1.807, 2.05) is 23.1 Å². The Kier molecular flexibility index (Phi) is 3.92. The van der Waals surface area contributed by atoms with Crippen molar-refractivity contribution < 1.29 is 9.53 Å². The van der Waals surface area contributed by atoms with Crippen molar-refractivity contribution >= 4 is 11.6 Å². The summed E-state index contributed by atoms with van der Waals surface area (Å²) in [5.74, 6) is 1.27. The standard InChI is InChI=1S/C16H22N2O2/c17-11-12-6-7-14-15(10-12)20-9-8-18(14)16(19)13-4-2-1-3-5-13/h6-7,10,13H,1-5,8-9,11,17H2. The fourth-order valence-corrected chi connectivity index (χ4v) is 3.19. The monoisotopic (exact) mass is 274 g/mol. The summed E-state index contributed by atoms with van der Waals surface area (Å²) in [6.07, 6.45) is 5.70. The van der Waals surface area contributed by atoms with E-state index in [9.17, 15) is 4.79 Å². The molecule has 1 heterocycles. The molecule has 1 aliphatic heterocycles. The van der Waals surface area contributed by atoms with Gasteiger partial charge in [0, 0.05) is 12.5 Å². The van der Waals surface area contributed by atoms with Gasteiger partial charge in [0.25, 0.3) is 0 Å². The molecule has 0 aromatic heterocycles. The number of ether oxygens (including phenoxy) is 1. The molecule has 4 nitrogen and oxygen atoms in total. The number of hydrogen-bond donors (Lipinski definition) is 1. The van der Waals surface area contributed by atoms with Gasteiger partial charge in [-0.15, -0.1) is 0 Å². The molecule has 0 saturated heterocycles. The highest BCUT2D eigenvalue weighted by Gasteiger charge is 2.30. The van der Waals surface area contributed by atoms with Crippen LogP contribution in [0.1, 0.15) is 37.7 Å². The minimum atomic E-state index is 0.198. The van der Waals surface area contributed by atoms with Crippen LogP contribution in [0.25, 0.3) is 0 Å². The van der Waals surface area contributed by atoms with E-state index in [1.165, 1.54) is 19.3 Å². The number of anilines is 1. The maximum atomic E-state index is 12.7. The van der Waals surface area contributed by atoms with Crippen LogP contribution in [0, 0.1) is 5.92 Å². The van der Waals surface area contributed by atoms with Gasteiger partial charge in [-0.1, -0.05) is 25.3 Å². The van der Waals surface area contributed by atoms with E-state index in [-0.39, 0.29) is 11.8 Å². The maximum absolute atomic E-state index is 12.7. The molecule has 108 valence electrons. The molecule has 0 unspecified atom stereocenters. The van der Waals surface area contributed by atoms with Crippen molar-refractivity contribution in [2.75, 3.05) is 18.1 Å².